The van der Waals surface area contributed by atoms with Crippen LogP contribution in [-0.2, 0) is 9.53 Å². The number of cyclic esters (lactones) is 1. The van der Waals surface area contributed by atoms with Crippen molar-refractivity contribution in [2.24, 2.45) is 0 Å². The maximum atomic E-state index is 11.3. The van der Waals surface area contributed by atoms with E-state index >= 15 is 0 Å². The van der Waals surface area contributed by atoms with Gasteiger partial charge in [0.1, 0.15) is 0 Å². The predicted molar refractivity (Wildman–Crippen MR) is 55.4 cm³/mol. The Bertz CT molecular complexity index is 232. The lowest BCUT2D eigenvalue weighted by molar-refractivity contribution is -0.143. The molecule has 0 aromatic rings. The highest BCUT2D eigenvalue weighted by atomic mass is 16.5. The molecule has 0 spiro atoms. The molecule has 1 heterocycles. The van der Waals surface area contributed by atoms with Crippen molar-refractivity contribution in [3.63, 3.8) is 0 Å². The highest BCUT2D eigenvalue weighted by molar-refractivity contribution is 5.71. The number of nitrogens with zero attached hydrogens (tertiary/aromatic N) is 1. The molecule has 86 valence electrons. The normalized spacial score (nSPS) is 34.6. The van der Waals surface area contributed by atoms with Crippen LogP contribution in [0.2, 0.25) is 0 Å². The molecule has 2 unspecified atom stereocenters. The Labute approximate surface area is 90.2 Å². The molecular formula is C11H19NO3. The third-order valence-electron chi connectivity index (χ3n) is 3.32. The monoisotopic (exact) mass is 213 g/mol. The molecule has 4 nitrogen and oxygen atoms in total. The van der Waals surface area contributed by atoms with Gasteiger partial charge in [0.15, 0.2) is 0 Å². The zero-order chi connectivity index (χ0) is 10.7. The van der Waals surface area contributed by atoms with E-state index in [1.807, 2.05) is 0 Å². The van der Waals surface area contributed by atoms with Crippen LogP contribution in [0.25, 0.3) is 0 Å². The number of aliphatic hydroxyl groups is 1. The van der Waals surface area contributed by atoms with Crippen molar-refractivity contribution in [2.45, 2.75) is 44.2 Å². The van der Waals surface area contributed by atoms with Gasteiger partial charge in [-0.1, -0.05) is 0 Å². The van der Waals surface area contributed by atoms with Crippen molar-refractivity contribution in [3.05, 3.63) is 0 Å². The predicted octanol–water partition coefficient (Wildman–Crippen LogP) is 0.539. The minimum absolute atomic E-state index is 0.118. The van der Waals surface area contributed by atoms with E-state index in [4.69, 9.17) is 4.74 Å². The van der Waals surface area contributed by atoms with Gasteiger partial charge in [0.25, 0.3) is 0 Å². The molecule has 15 heavy (non-hydrogen) atoms. The lowest BCUT2D eigenvalue weighted by Crippen LogP contribution is -2.42. The SMILES string of the molecule is O=C1CN(C2CCCC(O)C2)CCCO1. The van der Waals surface area contributed by atoms with Crippen molar-refractivity contribution in [2.75, 3.05) is 19.7 Å². The second-order valence-electron chi connectivity index (χ2n) is 4.52. The van der Waals surface area contributed by atoms with Crippen molar-refractivity contribution in [1.29, 1.82) is 0 Å². The summed E-state index contributed by atoms with van der Waals surface area (Å²) in [7, 11) is 0. The Hall–Kier alpha value is -0.610. The van der Waals surface area contributed by atoms with E-state index in [9.17, 15) is 9.90 Å². The van der Waals surface area contributed by atoms with E-state index in [1.165, 1.54) is 0 Å². The van der Waals surface area contributed by atoms with Crippen LogP contribution in [-0.4, -0.2) is 47.8 Å². The molecule has 0 bridgehead atoms. The zero-order valence-electron chi connectivity index (χ0n) is 9.02. The second kappa shape index (κ2) is 4.94. The van der Waals surface area contributed by atoms with E-state index in [1.54, 1.807) is 0 Å². The first-order valence-electron chi connectivity index (χ1n) is 5.83. The zero-order valence-corrected chi connectivity index (χ0v) is 9.02. The van der Waals surface area contributed by atoms with Crippen LogP contribution >= 0.6 is 0 Å². The smallest absolute Gasteiger partial charge is 0.320 e. The quantitative estimate of drug-likeness (QED) is 0.646. The minimum atomic E-state index is -0.178. The molecule has 2 aliphatic rings. The van der Waals surface area contributed by atoms with Gasteiger partial charge in [-0.2, -0.15) is 0 Å². The summed E-state index contributed by atoms with van der Waals surface area (Å²) in [5.74, 6) is -0.118. The lowest BCUT2D eigenvalue weighted by Gasteiger charge is -2.34. The van der Waals surface area contributed by atoms with Gasteiger partial charge in [0.05, 0.1) is 19.3 Å². The maximum absolute atomic E-state index is 11.3. The van der Waals surface area contributed by atoms with Crippen molar-refractivity contribution >= 4 is 5.97 Å². The molecule has 1 saturated heterocycles. The van der Waals surface area contributed by atoms with Gasteiger partial charge in [-0.3, -0.25) is 9.69 Å². The molecule has 1 N–H and O–H groups in total. The number of esters is 1. The van der Waals surface area contributed by atoms with Crippen LogP contribution in [0.4, 0.5) is 0 Å². The lowest BCUT2D eigenvalue weighted by atomic mass is 9.92. The number of ether oxygens (including phenoxy) is 1. The summed E-state index contributed by atoms with van der Waals surface area (Å²) in [6.45, 7) is 1.87. The summed E-state index contributed by atoms with van der Waals surface area (Å²) >= 11 is 0. The molecule has 0 aromatic carbocycles. The third kappa shape index (κ3) is 2.92. The number of hydrogen-bond donors (Lipinski definition) is 1. The van der Waals surface area contributed by atoms with Gasteiger partial charge in [-0.15, -0.1) is 0 Å². The Kier molecular flexibility index (Phi) is 3.59. The number of hydrogen-bond acceptors (Lipinski definition) is 4. The number of aliphatic hydroxyl groups excluding tert-OH is 1. The molecule has 0 aromatic heterocycles. The molecule has 2 fully saturated rings. The highest BCUT2D eigenvalue weighted by Crippen LogP contribution is 2.23. The molecule has 0 amide bonds. The molecule has 2 atom stereocenters. The summed E-state index contributed by atoms with van der Waals surface area (Å²) in [6, 6.07) is 0.374. The van der Waals surface area contributed by atoms with E-state index in [-0.39, 0.29) is 12.1 Å². The first kappa shape index (κ1) is 10.9. The summed E-state index contributed by atoms with van der Waals surface area (Å²) in [6.07, 6.45) is 4.63. The van der Waals surface area contributed by atoms with Crippen molar-refractivity contribution in [3.8, 4) is 0 Å². The van der Waals surface area contributed by atoms with E-state index in [2.05, 4.69) is 4.90 Å². The fraction of sp³-hybridized carbons (Fsp3) is 0.909. The van der Waals surface area contributed by atoms with Gasteiger partial charge in [0, 0.05) is 12.6 Å². The minimum Gasteiger partial charge on any atom is -0.465 e. The van der Waals surface area contributed by atoms with Crippen LogP contribution in [0.1, 0.15) is 32.1 Å². The van der Waals surface area contributed by atoms with Crippen LogP contribution in [0, 0.1) is 0 Å². The summed E-state index contributed by atoms with van der Waals surface area (Å²) in [4.78, 5) is 13.5. The van der Waals surface area contributed by atoms with Crippen LogP contribution in [0.15, 0.2) is 0 Å². The van der Waals surface area contributed by atoms with Gasteiger partial charge in [0.2, 0.25) is 0 Å². The average molecular weight is 213 g/mol. The van der Waals surface area contributed by atoms with Crippen molar-refractivity contribution in [1.82, 2.24) is 4.90 Å². The second-order valence-corrected chi connectivity index (χ2v) is 4.52. The topological polar surface area (TPSA) is 49.8 Å². The number of carbonyl (C=O) groups is 1. The van der Waals surface area contributed by atoms with E-state index in [0.29, 0.717) is 19.2 Å². The first-order valence-corrected chi connectivity index (χ1v) is 5.83. The molecule has 4 heteroatoms. The van der Waals surface area contributed by atoms with Gasteiger partial charge in [-0.25, -0.2) is 0 Å². The third-order valence-corrected chi connectivity index (χ3v) is 3.32. The fourth-order valence-electron chi connectivity index (χ4n) is 2.53. The van der Waals surface area contributed by atoms with Crippen LogP contribution < -0.4 is 0 Å². The Morgan fingerprint density at radius 1 is 1.33 bits per heavy atom. The maximum Gasteiger partial charge on any atom is 0.320 e. The first-order chi connectivity index (χ1) is 7.25. The van der Waals surface area contributed by atoms with E-state index in [0.717, 1.165) is 38.6 Å². The Morgan fingerprint density at radius 2 is 2.20 bits per heavy atom. The average Bonchev–Trinajstić information content (AvgIpc) is 2.43. The van der Waals surface area contributed by atoms with Gasteiger partial charge in [-0.05, 0) is 32.1 Å². The van der Waals surface area contributed by atoms with Gasteiger partial charge >= 0.3 is 5.97 Å². The summed E-state index contributed by atoms with van der Waals surface area (Å²) < 4.78 is 5.01. The van der Waals surface area contributed by atoms with E-state index < -0.39 is 0 Å². The molecule has 1 aliphatic heterocycles. The largest absolute Gasteiger partial charge is 0.465 e. The Balaban J connectivity index is 1.92. The Morgan fingerprint density at radius 3 is 3.00 bits per heavy atom. The van der Waals surface area contributed by atoms with Gasteiger partial charge < -0.3 is 9.84 Å². The summed E-state index contributed by atoms with van der Waals surface area (Å²) in [5, 5.41) is 9.60. The molecular weight excluding hydrogens is 194 g/mol. The number of rotatable bonds is 1. The van der Waals surface area contributed by atoms with Crippen LogP contribution in [0.3, 0.4) is 0 Å². The molecule has 2 rings (SSSR count). The summed E-state index contributed by atoms with van der Waals surface area (Å²) in [5.41, 5.74) is 0. The highest BCUT2D eigenvalue weighted by Gasteiger charge is 2.28. The molecule has 1 aliphatic carbocycles. The fourth-order valence-corrected chi connectivity index (χ4v) is 2.53. The number of carbonyl (C=O) groups excluding carboxylic acids is 1. The molecule has 0 radical (unpaired) electrons. The van der Waals surface area contributed by atoms with Crippen molar-refractivity contribution < 1.29 is 14.6 Å². The standard InChI is InChI=1S/C11H19NO3/c13-10-4-1-3-9(7-10)12-5-2-6-15-11(14)8-12/h9-10,13H,1-8H2. The molecule has 1 saturated carbocycles. The van der Waals surface area contributed by atoms with Crippen LogP contribution in [0.5, 0.6) is 0 Å².